The first kappa shape index (κ1) is 12.9. The molecule has 3 nitrogen and oxygen atoms in total. The number of nitrogens with one attached hydrogen (secondary N) is 1. The van der Waals surface area contributed by atoms with Crippen molar-refractivity contribution < 1.29 is 4.79 Å². The number of halogens is 1. The van der Waals surface area contributed by atoms with Gasteiger partial charge in [0.05, 0.1) is 0 Å². The number of amides is 1. The van der Waals surface area contributed by atoms with Gasteiger partial charge < -0.3 is 11.1 Å². The number of nitrogens with two attached hydrogens (primary N) is 1. The Kier molecular flexibility index (Phi) is 3.06. The van der Waals surface area contributed by atoms with Crippen LogP contribution in [-0.4, -0.2) is 17.0 Å². The van der Waals surface area contributed by atoms with Gasteiger partial charge in [0, 0.05) is 21.7 Å². The lowest BCUT2D eigenvalue weighted by molar-refractivity contribution is 0.0876. The average Bonchev–Trinajstić information content (AvgIpc) is 2.59. The average molecular weight is 279 g/mol. The van der Waals surface area contributed by atoms with Gasteiger partial charge >= 0.3 is 0 Å². The highest BCUT2D eigenvalue weighted by atomic mass is 35.5. The second-order valence-electron chi connectivity index (χ2n) is 6.14. The van der Waals surface area contributed by atoms with E-state index in [-0.39, 0.29) is 17.0 Å². The summed E-state index contributed by atoms with van der Waals surface area (Å²) in [4.78, 5) is 12.3. The zero-order valence-electron chi connectivity index (χ0n) is 10.9. The van der Waals surface area contributed by atoms with E-state index < -0.39 is 0 Å². The normalized spacial score (nSPS) is 33.2. The third-order valence-electron chi connectivity index (χ3n) is 4.59. The molecule has 3 N–H and O–H groups in total. The molecule has 2 atom stereocenters. The SMILES string of the molecule is N[C@@]12CCC[C@@](NC(=O)c3cccc(Cl)c3)(CC1)C2. The number of fused-ring (bicyclic) bond motifs is 2. The Labute approximate surface area is 118 Å². The molecular formula is C15H19ClN2O. The Hall–Kier alpha value is -1.06. The van der Waals surface area contributed by atoms with Crippen molar-refractivity contribution in [3.8, 4) is 0 Å². The van der Waals surface area contributed by atoms with Crippen LogP contribution in [0, 0.1) is 0 Å². The van der Waals surface area contributed by atoms with Crippen molar-refractivity contribution >= 4 is 17.5 Å². The molecule has 3 rings (SSSR count). The molecule has 1 amide bonds. The first-order chi connectivity index (χ1) is 9.00. The van der Waals surface area contributed by atoms with E-state index in [1.165, 1.54) is 0 Å². The molecule has 0 radical (unpaired) electrons. The van der Waals surface area contributed by atoms with Gasteiger partial charge in [0.2, 0.25) is 0 Å². The number of carbonyl (C=O) groups excluding carboxylic acids is 1. The summed E-state index contributed by atoms with van der Waals surface area (Å²) in [6.45, 7) is 0. The second kappa shape index (κ2) is 4.50. The molecule has 0 saturated heterocycles. The summed E-state index contributed by atoms with van der Waals surface area (Å²) in [7, 11) is 0. The monoisotopic (exact) mass is 278 g/mol. The standard InChI is InChI=1S/C15H19ClN2O/c16-12-4-1-3-11(9-12)13(19)18-15-6-2-5-14(17,10-15)7-8-15/h1,3-4,9H,2,5-8,10,17H2,(H,18,19)/t14-,15+/m0/s1. The predicted octanol–water partition coefficient (Wildman–Crippen LogP) is 2.87. The van der Waals surface area contributed by atoms with Crippen molar-refractivity contribution in [1.29, 1.82) is 0 Å². The van der Waals surface area contributed by atoms with E-state index in [4.69, 9.17) is 17.3 Å². The molecule has 0 unspecified atom stereocenters. The van der Waals surface area contributed by atoms with Crippen LogP contribution in [0.4, 0.5) is 0 Å². The molecule has 102 valence electrons. The van der Waals surface area contributed by atoms with E-state index >= 15 is 0 Å². The molecule has 2 saturated carbocycles. The fourth-order valence-electron chi connectivity index (χ4n) is 3.66. The van der Waals surface area contributed by atoms with Crippen molar-refractivity contribution in [3.63, 3.8) is 0 Å². The minimum atomic E-state index is -0.0909. The van der Waals surface area contributed by atoms with Gasteiger partial charge in [-0.3, -0.25) is 4.79 Å². The molecule has 0 spiro atoms. The minimum Gasteiger partial charge on any atom is -0.347 e. The summed E-state index contributed by atoms with van der Waals surface area (Å²) in [6, 6.07) is 7.09. The molecule has 0 aliphatic heterocycles. The van der Waals surface area contributed by atoms with Crippen LogP contribution in [0.3, 0.4) is 0 Å². The lowest BCUT2D eigenvalue weighted by Crippen LogP contribution is -2.52. The zero-order chi connectivity index (χ0) is 13.5. The fourth-order valence-corrected chi connectivity index (χ4v) is 3.85. The molecule has 1 aromatic carbocycles. The van der Waals surface area contributed by atoms with Crippen LogP contribution < -0.4 is 11.1 Å². The van der Waals surface area contributed by atoms with Crippen LogP contribution in [0.1, 0.15) is 48.9 Å². The van der Waals surface area contributed by atoms with Crippen LogP contribution in [0.15, 0.2) is 24.3 Å². The number of hydrogen-bond acceptors (Lipinski definition) is 2. The maximum absolute atomic E-state index is 12.3. The first-order valence-corrected chi connectivity index (χ1v) is 7.25. The third-order valence-corrected chi connectivity index (χ3v) is 4.82. The van der Waals surface area contributed by atoms with E-state index in [2.05, 4.69) is 5.32 Å². The first-order valence-electron chi connectivity index (χ1n) is 6.87. The molecule has 2 aliphatic rings. The van der Waals surface area contributed by atoms with Crippen molar-refractivity contribution in [3.05, 3.63) is 34.9 Å². The molecular weight excluding hydrogens is 260 g/mol. The summed E-state index contributed by atoms with van der Waals surface area (Å²) < 4.78 is 0. The van der Waals surface area contributed by atoms with Gasteiger partial charge in [-0.05, 0) is 56.7 Å². The number of hydrogen-bond donors (Lipinski definition) is 2. The zero-order valence-corrected chi connectivity index (χ0v) is 11.7. The van der Waals surface area contributed by atoms with Crippen LogP contribution in [-0.2, 0) is 0 Å². The van der Waals surface area contributed by atoms with Crippen molar-refractivity contribution in [2.45, 2.75) is 49.6 Å². The van der Waals surface area contributed by atoms with Crippen molar-refractivity contribution in [2.75, 3.05) is 0 Å². The summed E-state index contributed by atoms with van der Waals surface area (Å²) in [6.07, 6.45) is 6.15. The Bertz CT molecular complexity index is 519. The van der Waals surface area contributed by atoms with Gasteiger partial charge in [-0.2, -0.15) is 0 Å². The van der Waals surface area contributed by atoms with Crippen LogP contribution in [0.25, 0.3) is 0 Å². The van der Waals surface area contributed by atoms with Gasteiger partial charge in [-0.25, -0.2) is 0 Å². The molecule has 4 heteroatoms. The Morgan fingerprint density at radius 3 is 2.89 bits per heavy atom. The Balaban J connectivity index is 1.77. The summed E-state index contributed by atoms with van der Waals surface area (Å²) >= 11 is 5.93. The Morgan fingerprint density at radius 2 is 2.11 bits per heavy atom. The van der Waals surface area contributed by atoms with Gasteiger partial charge in [-0.15, -0.1) is 0 Å². The fraction of sp³-hybridized carbons (Fsp3) is 0.533. The van der Waals surface area contributed by atoms with Crippen LogP contribution in [0.2, 0.25) is 5.02 Å². The maximum atomic E-state index is 12.3. The van der Waals surface area contributed by atoms with Gasteiger partial charge in [0.1, 0.15) is 0 Å². The van der Waals surface area contributed by atoms with Crippen molar-refractivity contribution in [2.24, 2.45) is 5.73 Å². The topological polar surface area (TPSA) is 55.1 Å². The van der Waals surface area contributed by atoms with Gasteiger partial charge in [-0.1, -0.05) is 17.7 Å². The number of carbonyl (C=O) groups is 1. The molecule has 19 heavy (non-hydrogen) atoms. The van der Waals surface area contributed by atoms with Crippen LogP contribution >= 0.6 is 11.6 Å². The molecule has 2 aliphatic carbocycles. The quantitative estimate of drug-likeness (QED) is 0.874. The maximum Gasteiger partial charge on any atom is 0.251 e. The van der Waals surface area contributed by atoms with E-state index in [1.807, 2.05) is 0 Å². The largest absolute Gasteiger partial charge is 0.347 e. The molecule has 2 bridgehead atoms. The number of benzene rings is 1. The third kappa shape index (κ3) is 2.49. The second-order valence-corrected chi connectivity index (χ2v) is 6.57. The summed E-state index contributed by atoms with van der Waals surface area (Å²) in [5.74, 6) is -0.0337. The van der Waals surface area contributed by atoms with E-state index in [0.29, 0.717) is 10.6 Å². The van der Waals surface area contributed by atoms with E-state index in [1.54, 1.807) is 24.3 Å². The molecule has 1 aromatic rings. The van der Waals surface area contributed by atoms with E-state index in [9.17, 15) is 4.79 Å². The van der Waals surface area contributed by atoms with Crippen molar-refractivity contribution in [1.82, 2.24) is 5.32 Å². The highest BCUT2D eigenvalue weighted by molar-refractivity contribution is 6.30. The number of rotatable bonds is 2. The highest BCUT2D eigenvalue weighted by Gasteiger charge is 2.49. The molecule has 0 heterocycles. The van der Waals surface area contributed by atoms with Gasteiger partial charge in [0.15, 0.2) is 0 Å². The summed E-state index contributed by atoms with van der Waals surface area (Å²) in [5, 5.41) is 3.81. The van der Waals surface area contributed by atoms with Crippen LogP contribution in [0.5, 0.6) is 0 Å². The minimum absolute atomic E-state index is 0.0337. The van der Waals surface area contributed by atoms with Gasteiger partial charge in [0.25, 0.3) is 5.91 Å². The van der Waals surface area contributed by atoms with E-state index in [0.717, 1.165) is 38.5 Å². The highest BCUT2D eigenvalue weighted by Crippen LogP contribution is 2.46. The summed E-state index contributed by atoms with van der Waals surface area (Å²) in [5.41, 5.74) is 6.83. The lowest BCUT2D eigenvalue weighted by Gasteiger charge is -2.38. The lowest BCUT2D eigenvalue weighted by atomic mass is 9.79. The molecule has 2 fully saturated rings. The molecule has 0 aromatic heterocycles. The predicted molar refractivity (Wildman–Crippen MR) is 76.3 cm³/mol. The Morgan fingerprint density at radius 1 is 1.26 bits per heavy atom. The smallest absolute Gasteiger partial charge is 0.251 e.